The van der Waals surface area contributed by atoms with Gasteiger partial charge in [0.1, 0.15) is 11.9 Å². The van der Waals surface area contributed by atoms with Gasteiger partial charge in [0.2, 0.25) is 0 Å². The molecule has 1 rings (SSSR count). The fourth-order valence-electron chi connectivity index (χ4n) is 2.00. The van der Waals surface area contributed by atoms with Crippen LogP contribution in [0.5, 0.6) is 0 Å². The fraction of sp³-hybridized carbons (Fsp3) is 0.286. The van der Waals surface area contributed by atoms with E-state index in [0.717, 1.165) is 0 Å². The number of nitriles is 1. The van der Waals surface area contributed by atoms with E-state index in [1.165, 1.54) is 31.2 Å². The van der Waals surface area contributed by atoms with Crippen LogP contribution in [0.3, 0.4) is 0 Å². The summed E-state index contributed by atoms with van der Waals surface area (Å²) in [5.41, 5.74) is 5.04. The average Bonchev–Trinajstić information content (AvgIpc) is 2.47. The van der Waals surface area contributed by atoms with Gasteiger partial charge < -0.3 is 15.6 Å². The molecule has 0 aliphatic rings. The highest BCUT2D eigenvalue weighted by molar-refractivity contribution is 7.80. The Labute approximate surface area is 143 Å². The Balaban J connectivity index is 3.58. The van der Waals surface area contributed by atoms with Crippen molar-refractivity contribution in [1.29, 1.82) is 5.26 Å². The van der Waals surface area contributed by atoms with Gasteiger partial charge in [-0.25, -0.2) is 0 Å². The van der Waals surface area contributed by atoms with Gasteiger partial charge >= 0.3 is 0 Å². The van der Waals surface area contributed by atoms with Crippen molar-refractivity contribution in [1.82, 2.24) is 0 Å². The van der Waals surface area contributed by atoms with Crippen molar-refractivity contribution in [2.24, 2.45) is 11.7 Å². The first-order chi connectivity index (χ1) is 10.8. The highest BCUT2D eigenvalue weighted by atomic mass is 35.5. The van der Waals surface area contributed by atoms with Crippen LogP contribution < -0.4 is 10.8 Å². The largest absolute Gasteiger partial charge is 0.609 e. The van der Waals surface area contributed by atoms with Gasteiger partial charge in [-0.2, -0.15) is 5.26 Å². The van der Waals surface area contributed by atoms with Crippen LogP contribution in [0, 0.1) is 27.4 Å². The quantitative estimate of drug-likeness (QED) is 0.341. The first-order valence-electron chi connectivity index (χ1n) is 6.46. The van der Waals surface area contributed by atoms with Gasteiger partial charge in [0.25, 0.3) is 5.70 Å². The summed E-state index contributed by atoms with van der Waals surface area (Å²) < 4.78 is 4.73. The monoisotopic (exact) mass is 354 g/mol. The number of hydrogen-bond acceptors (Lipinski definition) is 6. The molecule has 0 spiro atoms. The fourth-order valence-corrected chi connectivity index (χ4v) is 2.32. The van der Waals surface area contributed by atoms with E-state index in [1.54, 1.807) is 0 Å². The maximum absolute atomic E-state index is 12.0. The van der Waals surface area contributed by atoms with Gasteiger partial charge in [-0.15, -0.1) is 0 Å². The van der Waals surface area contributed by atoms with Gasteiger partial charge in [0.05, 0.1) is 21.9 Å². The molecule has 0 saturated carbocycles. The number of thiocarbonyl (C=S) groups is 1. The molecule has 0 aliphatic heterocycles. The summed E-state index contributed by atoms with van der Waals surface area (Å²) in [5, 5.41) is 33.1. The molecule has 2 N–H and O–H groups in total. The van der Waals surface area contributed by atoms with E-state index >= 15 is 0 Å². The van der Waals surface area contributed by atoms with Crippen LogP contribution in [-0.4, -0.2) is 16.5 Å². The number of nitrogens with zero attached hydrogens (tertiary/aromatic N) is 2. The maximum atomic E-state index is 12.0. The molecule has 0 aliphatic carbocycles. The van der Waals surface area contributed by atoms with Crippen molar-refractivity contribution in [3.05, 3.63) is 56.6 Å². The van der Waals surface area contributed by atoms with Gasteiger partial charge in [-0.1, -0.05) is 42.9 Å². The molecule has 0 amide bonds. The van der Waals surface area contributed by atoms with Gasteiger partial charge in [-0.05, 0) is 24.3 Å². The molecule has 1 aromatic rings. The minimum absolute atomic E-state index is 0.0478. The van der Waals surface area contributed by atoms with E-state index < -0.39 is 28.4 Å². The van der Waals surface area contributed by atoms with E-state index in [-0.39, 0.29) is 11.6 Å². The predicted octanol–water partition coefficient (Wildman–Crippen LogP) is 1.69. The first-order valence-corrected chi connectivity index (χ1v) is 7.24. The Morgan fingerprint density at radius 1 is 1.52 bits per heavy atom. The van der Waals surface area contributed by atoms with Crippen molar-refractivity contribution in [3.63, 3.8) is 0 Å². The van der Waals surface area contributed by atoms with E-state index in [4.69, 9.17) is 34.3 Å². The van der Waals surface area contributed by atoms with Crippen LogP contribution in [0.4, 0.5) is 0 Å². The van der Waals surface area contributed by atoms with Gasteiger partial charge in [0, 0.05) is 5.02 Å². The highest BCUT2D eigenvalue weighted by Gasteiger charge is 2.37. The Bertz CT molecular complexity index is 670. The summed E-state index contributed by atoms with van der Waals surface area (Å²) in [6.45, 7) is 1.47. The molecule has 122 valence electrons. The second-order valence-corrected chi connectivity index (χ2v) is 5.31. The average molecular weight is 355 g/mol. The zero-order valence-electron chi connectivity index (χ0n) is 12.1. The Morgan fingerprint density at radius 3 is 2.48 bits per heavy atom. The number of rotatable bonds is 7. The zero-order chi connectivity index (χ0) is 17.6. The molecular formula is C14H13ClN3O4S-. The number of ether oxygens (including phenoxy) is 1. The minimum atomic E-state index is -1.26. The molecular weight excluding hydrogens is 342 g/mol. The number of halogens is 1. The van der Waals surface area contributed by atoms with Crippen molar-refractivity contribution >= 4 is 28.8 Å². The number of nitrogens with two attached hydrogens (primary N) is 1. The third kappa shape index (κ3) is 4.55. The van der Waals surface area contributed by atoms with E-state index in [2.05, 4.69) is 0 Å². The highest BCUT2D eigenvalue weighted by Crippen LogP contribution is 2.34. The molecule has 2 atom stereocenters. The van der Waals surface area contributed by atoms with E-state index in [9.17, 15) is 20.5 Å². The number of benzene rings is 1. The molecule has 0 fully saturated rings. The Kier molecular flexibility index (Phi) is 6.75. The third-order valence-electron chi connectivity index (χ3n) is 2.98. The summed E-state index contributed by atoms with van der Waals surface area (Å²) in [6, 6.07) is 7.73. The standard InChI is InChI=1S/C14H14ClN3O4S/c1-2-22-14(19)12(18(20)21)11(10(7-16)13(17)23)8-3-5-9(15)6-4-8/h3-6,10-11,19H,2H2,1H3,(H2,17,23)/p-1/b14-12-/t10-,11+/m1/s1. The Morgan fingerprint density at radius 2 is 2.09 bits per heavy atom. The number of hydrogen-bond donors (Lipinski definition) is 1. The molecule has 7 nitrogen and oxygen atoms in total. The molecule has 0 heterocycles. The predicted molar refractivity (Wildman–Crippen MR) is 85.7 cm³/mol. The van der Waals surface area contributed by atoms with Gasteiger partial charge in [-0.3, -0.25) is 10.1 Å². The lowest BCUT2D eigenvalue weighted by Crippen LogP contribution is -2.31. The summed E-state index contributed by atoms with van der Waals surface area (Å²) in [4.78, 5) is 10.3. The molecule has 0 saturated heterocycles. The molecule has 1 aromatic carbocycles. The lowest BCUT2D eigenvalue weighted by molar-refractivity contribution is -0.461. The molecule has 0 unspecified atom stereocenters. The van der Waals surface area contributed by atoms with Crippen molar-refractivity contribution in [2.75, 3.05) is 6.61 Å². The number of allylic oxidation sites excluding steroid dienone is 1. The lowest BCUT2D eigenvalue weighted by Gasteiger charge is -2.23. The summed E-state index contributed by atoms with van der Waals surface area (Å²) >= 11 is 10.6. The smallest absolute Gasteiger partial charge is 0.276 e. The van der Waals surface area contributed by atoms with Crippen LogP contribution >= 0.6 is 23.8 Å². The van der Waals surface area contributed by atoms with Crippen LogP contribution in [0.25, 0.3) is 0 Å². The summed E-state index contributed by atoms with van der Waals surface area (Å²) in [6.07, 6.45) is 0. The van der Waals surface area contributed by atoms with Crippen LogP contribution in [0.1, 0.15) is 18.4 Å². The molecule has 0 radical (unpaired) electrons. The molecule has 9 heteroatoms. The van der Waals surface area contributed by atoms with Crippen LogP contribution in [0.15, 0.2) is 35.9 Å². The van der Waals surface area contributed by atoms with E-state index in [1.807, 2.05) is 6.07 Å². The normalized spacial score (nSPS) is 14.1. The third-order valence-corrected chi connectivity index (χ3v) is 3.49. The summed E-state index contributed by atoms with van der Waals surface area (Å²) in [7, 11) is 0. The first kappa shape index (κ1) is 18.7. The topological polar surface area (TPSA) is 125 Å². The van der Waals surface area contributed by atoms with Crippen molar-refractivity contribution in [2.45, 2.75) is 12.8 Å². The zero-order valence-corrected chi connectivity index (χ0v) is 13.6. The van der Waals surface area contributed by atoms with Crippen LogP contribution in [-0.2, 0) is 4.74 Å². The second-order valence-electron chi connectivity index (χ2n) is 4.40. The molecule has 23 heavy (non-hydrogen) atoms. The Hall–Kier alpha value is -2.37. The molecule has 0 aromatic heterocycles. The van der Waals surface area contributed by atoms with E-state index in [0.29, 0.717) is 10.6 Å². The minimum Gasteiger partial charge on any atom is -0.609 e. The van der Waals surface area contributed by atoms with Gasteiger partial charge in [0.15, 0.2) is 0 Å². The SMILES string of the molecule is CCO/C([O-])=C(/[C@@H](c1ccc(Cl)cc1)[C@@H](C#N)C(N)=S)[N+](=O)[O-]. The van der Waals surface area contributed by atoms with Crippen molar-refractivity contribution < 1.29 is 14.8 Å². The van der Waals surface area contributed by atoms with Crippen LogP contribution in [0.2, 0.25) is 5.02 Å². The molecule has 0 bridgehead atoms. The maximum Gasteiger partial charge on any atom is 0.276 e. The summed E-state index contributed by atoms with van der Waals surface area (Å²) in [5.74, 6) is -3.63. The number of nitro groups is 1. The lowest BCUT2D eigenvalue weighted by atomic mass is 9.84. The second kappa shape index (κ2) is 8.31. The van der Waals surface area contributed by atoms with Crippen molar-refractivity contribution in [3.8, 4) is 6.07 Å².